The van der Waals surface area contributed by atoms with Crippen LogP contribution in [0.4, 0.5) is 0 Å². The summed E-state index contributed by atoms with van der Waals surface area (Å²) in [5.74, 6) is 0.789. The predicted octanol–water partition coefficient (Wildman–Crippen LogP) is 3.69. The van der Waals surface area contributed by atoms with E-state index < -0.39 is 0 Å². The fourth-order valence-electron chi connectivity index (χ4n) is 2.85. The minimum atomic E-state index is -0.0406. The lowest BCUT2D eigenvalue weighted by Gasteiger charge is -2.09. The number of nitrogens with one attached hydrogen (secondary N) is 2. The Morgan fingerprint density at radius 2 is 1.37 bits per heavy atom. The van der Waals surface area contributed by atoms with E-state index in [1.165, 1.54) is 0 Å². The average molecular weight is 405 g/mol. The summed E-state index contributed by atoms with van der Waals surface area (Å²) in [5.41, 5.74) is 3.36. The Morgan fingerprint density at radius 3 is 2.03 bits per heavy atom. The lowest BCUT2D eigenvalue weighted by Crippen LogP contribution is -2.35. The molecule has 0 fully saturated rings. The molecule has 0 unspecified atom stereocenters. The molecule has 0 aliphatic carbocycles. The molecule has 3 aromatic rings. The molecule has 156 valence electrons. The van der Waals surface area contributed by atoms with Gasteiger partial charge in [0, 0.05) is 13.1 Å². The van der Waals surface area contributed by atoms with Crippen LogP contribution in [0.5, 0.6) is 5.75 Å². The maximum Gasteiger partial charge on any atom is 0.234 e. The van der Waals surface area contributed by atoms with Gasteiger partial charge in [-0.15, -0.1) is 0 Å². The Kier molecular flexibility index (Phi) is 8.92. The smallest absolute Gasteiger partial charge is 0.234 e. The zero-order chi connectivity index (χ0) is 20.9. The van der Waals surface area contributed by atoms with E-state index in [0.29, 0.717) is 32.9 Å². The zero-order valence-electron chi connectivity index (χ0n) is 17.1. The van der Waals surface area contributed by atoms with Crippen LogP contribution in [0, 0.1) is 0 Å². The third kappa shape index (κ3) is 8.07. The number of hydrogen-bond donors (Lipinski definition) is 2. The van der Waals surface area contributed by atoms with Gasteiger partial charge in [0.1, 0.15) is 12.4 Å². The van der Waals surface area contributed by atoms with Crippen molar-refractivity contribution in [3.63, 3.8) is 0 Å². The zero-order valence-corrected chi connectivity index (χ0v) is 17.1. The summed E-state index contributed by atoms with van der Waals surface area (Å²) in [6.45, 7) is 2.99. The molecule has 2 N–H and O–H groups in total. The van der Waals surface area contributed by atoms with Crippen molar-refractivity contribution in [2.75, 3.05) is 19.7 Å². The van der Waals surface area contributed by atoms with Crippen molar-refractivity contribution in [3.05, 3.63) is 102 Å². The van der Waals surface area contributed by atoms with Gasteiger partial charge in [-0.2, -0.15) is 0 Å². The van der Waals surface area contributed by atoms with E-state index in [2.05, 4.69) is 10.6 Å². The monoisotopic (exact) mass is 404 g/mol. The van der Waals surface area contributed by atoms with E-state index in [1.54, 1.807) is 0 Å². The van der Waals surface area contributed by atoms with Crippen molar-refractivity contribution in [3.8, 4) is 5.75 Å². The van der Waals surface area contributed by atoms with Crippen molar-refractivity contribution >= 4 is 5.91 Å². The van der Waals surface area contributed by atoms with Gasteiger partial charge in [-0.05, 0) is 28.8 Å². The molecule has 0 saturated carbocycles. The molecule has 1 amide bonds. The molecule has 0 heterocycles. The van der Waals surface area contributed by atoms with Crippen LogP contribution >= 0.6 is 0 Å². The number of hydrogen-bond acceptors (Lipinski definition) is 4. The van der Waals surface area contributed by atoms with E-state index in [0.717, 1.165) is 22.4 Å². The summed E-state index contributed by atoms with van der Waals surface area (Å²) in [5, 5.41) is 6.00. The van der Waals surface area contributed by atoms with Gasteiger partial charge in [0.15, 0.2) is 0 Å². The number of ether oxygens (including phenoxy) is 2. The average Bonchev–Trinajstić information content (AvgIpc) is 2.80. The molecular formula is C25H28N2O3. The van der Waals surface area contributed by atoms with E-state index in [9.17, 15) is 4.79 Å². The molecule has 0 spiro atoms. The van der Waals surface area contributed by atoms with Crippen LogP contribution in [0.25, 0.3) is 0 Å². The molecule has 5 heteroatoms. The molecule has 5 nitrogen and oxygen atoms in total. The largest absolute Gasteiger partial charge is 0.489 e. The highest BCUT2D eigenvalue weighted by Gasteiger charge is 2.01. The second kappa shape index (κ2) is 12.4. The maximum atomic E-state index is 11.9. The Bertz CT molecular complexity index is 868. The van der Waals surface area contributed by atoms with E-state index in [1.807, 2.05) is 84.9 Å². The van der Waals surface area contributed by atoms with Crippen LogP contribution < -0.4 is 15.4 Å². The summed E-state index contributed by atoms with van der Waals surface area (Å²) >= 11 is 0. The van der Waals surface area contributed by atoms with Crippen LogP contribution in [0.1, 0.15) is 16.7 Å². The van der Waals surface area contributed by atoms with Crippen LogP contribution in [-0.2, 0) is 29.3 Å². The Hall–Kier alpha value is -3.15. The first-order chi connectivity index (χ1) is 14.8. The lowest BCUT2D eigenvalue weighted by molar-refractivity contribution is -0.120. The van der Waals surface area contributed by atoms with E-state index >= 15 is 0 Å². The van der Waals surface area contributed by atoms with Gasteiger partial charge in [0.05, 0.1) is 19.8 Å². The highest BCUT2D eigenvalue weighted by Crippen LogP contribution is 2.14. The standard InChI is InChI=1S/C25H28N2O3/c28-25(27-15-16-29-19-22-7-3-1-4-8-22)18-26-17-21-11-13-24(14-12-21)30-20-23-9-5-2-6-10-23/h1-14,26H,15-20H2,(H,27,28). The van der Waals surface area contributed by atoms with Crippen LogP contribution in [0.3, 0.4) is 0 Å². The lowest BCUT2D eigenvalue weighted by atomic mass is 10.2. The third-order valence-electron chi connectivity index (χ3n) is 4.47. The van der Waals surface area contributed by atoms with Crippen molar-refractivity contribution in [1.29, 1.82) is 0 Å². The fourth-order valence-corrected chi connectivity index (χ4v) is 2.85. The maximum absolute atomic E-state index is 11.9. The van der Waals surface area contributed by atoms with Crippen molar-refractivity contribution in [1.82, 2.24) is 10.6 Å². The van der Waals surface area contributed by atoms with Gasteiger partial charge in [0.2, 0.25) is 5.91 Å². The van der Waals surface area contributed by atoms with Crippen LogP contribution in [0.15, 0.2) is 84.9 Å². The van der Waals surface area contributed by atoms with Crippen LogP contribution in [0.2, 0.25) is 0 Å². The minimum Gasteiger partial charge on any atom is -0.489 e. The summed E-state index contributed by atoms with van der Waals surface area (Å²) in [7, 11) is 0. The molecule has 3 aromatic carbocycles. The number of benzene rings is 3. The first-order valence-corrected chi connectivity index (χ1v) is 10.1. The van der Waals surface area contributed by atoms with Gasteiger partial charge < -0.3 is 20.1 Å². The first-order valence-electron chi connectivity index (χ1n) is 10.1. The normalized spacial score (nSPS) is 10.5. The van der Waals surface area contributed by atoms with Gasteiger partial charge in [0.25, 0.3) is 0 Å². The fraction of sp³-hybridized carbons (Fsp3) is 0.240. The minimum absolute atomic E-state index is 0.0406. The summed E-state index contributed by atoms with van der Waals surface area (Å²) in [6, 6.07) is 28.0. The molecule has 0 bridgehead atoms. The molecule has 0 aliphatic heterocycles. The molecule has 0 radical (unpaired) electrons. The molecule has 0 aromatic heterocycles. The molecule has 30 heavy (non-hydrogen) atoms. The van der Waals surface area contributed by atoms with Crippen molar-refractivity contribution < 1.29 is 14.3 Å². The Morgan fingerprint density at radius 1 is 0.733 bits per heavy atom. The predicted molar refractivity (Wildman–Crippen MR) is 118 cm³/mol. The molecule has 0 saturated heterocycles. The molecule has 0 atom stereocenters. The topological polar surface area (TPSA) is 59.6 Å². The number of rotatable bonds is 12. The summed E-state index contributed by atoms with van der Waals surface area (Å²) in [6.07, 6.45) is 0. The second-order valence-electron chi connectivity index (χ2n) is 6.91. The van der Waals surface area contributed by atoms with Gasteiger partial charge in [-0.3, -0.25) is 4.79 Å². The van der Waals surface area contributed by atoms with Crippen molar-refractivity contribution in [2.45, 2.75) is 19.8 Å². The van der Waals surface area contributed by atoms with Gasteiger partial charge in [-0.1, -0.05) is 72.8 Å². The number of carbonyl (C=O) groups is 1. The van der Waals surface area contributed by atoms with E-state index in [4.69, 9.17) is 9.47 Å². The number of carbonyl (C=O) groups excluding carboxylic acids is 1. The summed E-state index contributed by atoms with van der Waals surface area (Å²) in [4.78, 5) is 11.9. The van der Waals surface area contributed by atoms with Gasteiger partial charge in [-0.25, -0.2) is 0 Å². The Labute approximate surface area is 178 Å². The highest BCUT2D eigenvalue weighted by atomic mass is 16.5. The Balaban J connectivity index is 1.25. The quantitative estimate of drug-likeness (QED) is 0.452. The first kappa shape index (κ1) is 21.6. The van der Waals surface area contributed by atoms with Gasteiger partial charge >= 0.3 is 0 Å². The summed E-state index contributed by atoms with van der Waals surface area (Å²) < 4.78 is 11.3. The molecule has 0 aliphatic rings. The SMILES string of the molecule is O=C(CNCc1ccc(OCc2ccccc2)cc1)NCCOCc1ccccc1. The molecule has 3 rings (SSSR count). The second-order valence-corrected chi connectivity index (χ2v) is 6.91. The highest BCUT2D eigenvalue weighted by molar-refractivity contribution is 5.77. The third-order valence-corrected chi connectivity index (χ3v) is 4.47. The molecular weight excluding hydrogens is 376 g/mol. The number of amides is 1. The van der Waals surface area contributed by atoms with E-state index in [-0.39, 0.29) is 12.5 Å². The van der Waals surface area contributed by atoms with Crippen molar-refractivity contribution in [2.24, 2.45) is 0 Å². The van der Waals surface area contributed by atoms with Crippen LogP contribution in [-0.4, -0.2) is 25.6 Å².